The number of anilines is 3. The molecule has 2 N–H and O–H groups in total. The molecule has 0 saturated heterocycles. The van der Waals surface area contributed by atoms with Crippen molar-refractivity contribution < 1.29 is 10.0 Å². The molecule has 5 aromatic carbocycles. The third-order valence-corrected chi connectivity index (χ3v) is 8.99. The molecule has 2 aromatic heterocycles. The third-order valence-electron chi connectivity index (χ3n) is 6.69. The molecule has 36 heavy (non-hydrogen) atoms. The minimum atomic E-state index is -1.49. The van der Waals surface area contributed by atoms with Crippen molar-refractivity contribution in [2.45, 2.75) is 0 Å². The van der Waals surface area contributed by atoms with Gasteiger partial charge in [0.25, 0.3) is 0 Å². The quantitative estimate of drug-likeness (QED) is 0.245. The molecule has 2 heterocycles. The molecule has 0 bridgehead atoms. The molecule has 0 aliphatic heterocycles. The van der Waals surface area contributed by atoms with Crippen molar-refractivity contribution in [3.8, 4) is 0 Å². The van der Waals surface area contributed by atoms with Gasteiger partial charge in [-0.15, -0.1) is 22.7 Å². The maximum Gasteiger partial charge on any atom is 0.488 e. The first-order chi connectivity index (χ1) is 17.7. The van der Waals surface area contributed by atoms with Gasteiger partial charge in [-0.25, -0.2) is 0 Å². The smallest absolute Gasteiger partial charge is 0.423 e. The molecule has 172 valence electrons. The Bertz CT molecular complexity index is 1780. The van der Waals surface area contributed by atoms with Gasteiger partial charge in [-0.05, 0) is 66.1 Å². The second-order valence-corrected chi connectivity index (χ2v) is 11.0. The fourth-order valence-corrected chi connectivity index (χ4v) is 7.12. The highest BCUT2D eigenvalue weighted by molar-refractivity contribution is 7.26. The van der Waals surface area contributed by atoms with E-state index in [-0.39, 0.29) is 0 Å². The van der Waals surface area contributed by atoms with Crippen molar-refractivity contribution >= 4 is 92.7 Å². The van der Waals surface area contributed by atoms with Crippen LogP contribution in [0.1, 0.15) is 0 Å². The zero-order valence-electron chi connectivity index (χ0n) is 19.1. The highest BCUT2D eigenvalue weighted by Crippen LogP contribution is 2.42. The van der Waals surface area contributed by atoms with Crippen LogP contribution in [-0.2, 0) is 0 Å². The van der Waals surface area contributed by atoms with Crippen molar-refractivity contribution in [3.05, 3.63) is 109 Å². The summed E-state index contributed by atoms with van der Waals surface area (Å²) >= 11 is 3.62. The Morgan fingerprint density at radius 1 is 0.472 bits per heavy atom. The Morgan fingerprint density at radius 3 is 1.42 bits per heavy atom. The van der Waals surface area contributed by atoms with Gasteiger partial charge in [0.2, 0.25) is 0 Å². The lowest BCUT2D eigenvalue weighted by Crippen LogP contribution is -2.29. The SMILES string of the molecule is OB(O)c1ccc(N(c2ccc3sc4ccccc4c3c2)c2ccc3sc4ccccc4c3c2)cc1. The van der Waals surface area contributed by atoms with E-state index in [1.54, 1.807) is 12.1 Å². The molecular formula is C30H20BNO2S2. The molecule has 7 aromatic rings. The van der Waals surface area contributed by atoms with Gasteiger partial charge in [-0.1, -0.05) is 48.5 Å². The molecule has 0 atom stereocenters. The summed E-state index contributed by atoms with van der Waals surface area (Å²) in [5, 5.41) is 24.2. The van der Waals surface area contributed by atoms with Crippen LogP contribution < -0.4 is 10.4 Å². The zero-order valence-corrected chi connectivity index (χ0v) is 20.8. The largest absolute Gasteiger partial charge is 0.488 e. The maximum absolute atomic E-state index is 9.62. The van der Waals surface area contributed by atoms with Crippen molar-refractivity contribution in [1.82, 2.24) is 0 Å². The number of thiophene rings is 2. The highest BCUT2D eigenvalue weighted by Gasteiger charge is 2.18. The van der Waals surface area contributed by atoms with Crippen LogP contribution in [-0.4, -0.2) is 17.2 Å². The number of rotatable bonds is 4. The predicted octanol–water partition coefficient (Wildman–Crippen LogP) is 7.57. The standard InChI is InChI=1S/C30H20BNO2S2/c33-31(34)19-9-11-20(12-10-19)32(21-13-15-29-25(17-21)23-5-1-3-7-27(23)35-29)22-14-16-30-26(18-22)24-6-2-4-8-28(24)36-30/h1-18,33-34H. The monoisotopic (exact) mass is 501 g/mol. The van der Waals surface area contributed by atoms with Crippen molar-refractivity contribution in [2.75, 3.05) is 4.90 Å². The van der Waals surface area contributed by atoms with Crippen LogP contribution >= 0.6 is 22.7 Å². The number of nitrogens with zero attached hydrogens (tertiary/aromatic N) is 1. The predicted molar refractivity (Wildman–Crippen MR) is 157 cm³/mol. The minimum absolute atomic E-state index is 0.470. The number of hydrogen-bond acceptors (Lipinski definition) is 5. The first-order valence-electron chi connectivity index (χ1n) is 11.7. The summed E-state index contributed by atoms with van der Waals surface area (Å²) in [6.45, 7) is 0. The highest BCUT2D eigenvalue weighted by atomic mass is 32.1. The van der Waals surface area contributed by atoms with E-state index in [2.05, 4.69) is 89.8 Å². The Labute approximate surface area is 216 Å². The topological polar surface area (TPSA) is 43.7 Å². The second kappa shape index (κ2) is 8.47. The Morgan fingerprint density at radius 2 is 0.917 bits per heavy atom. The first kappa shape index (κ1) is 21.6. The number of hydrogen-bond donors (Lipinski definition) is 2. The van der Waals surface area contributed by atoms with Gasteiger partial charge >= 0.3 is 7.12 Å². The van der Waals surface area contributed by atoms with Crippen molar-refractivity contribution in [3.63, 3.8) is 0 Å². The minimum Gasteiger partial charge on any atom is -0.423 e. The molecule has 0 radical (unpaired) electrons. The number of benzene rings is 5. The molecule has 0 unspecified atom stereocenters. The lowest BCUT2D eigenvalue weighted by Gasteiger charge is -2.26. The molecular weight excluding hydrogens is 481 g/mol. The summed E-state index contributed by atoms with van der Waals surface area (Å²) in [4.78, 5) is 2.24. The summed E-state index contributed by atoms with van der Waals surface area (Å²) in [5.41, 5.74) is 3.54. The van der Waals surface area contributed by atoms with E-state index in [0.717, 1.165) is 17.1 Å². The average Bonchev–Trinajstić information content (AvgIpc) is 3.47. The molecule has 0 fully saturated rings. The van der Waals surface area contributed by atoms with E-state index in [1.807, 2.05) is 34.8 Å². The van der Waals surface area contributed by atoms with Crippen LogP contribution in [0.15, 0.2) is 109 Å². The molecule has 0 aliphatic rings. The molecule has 7 rings (SSSR count). The average molecular weight is 501 g/mol. The second-order valence-electron chi connectivity index (χ2n) is 8.86. The van der Waals surface area contributed by atoms with Gasteiger partial charge in [0.05, 0.1) is 0 Å². The zero-order chi connectivity index (χ0) is 24.2. The molecule has 0 saturated carbocycles. The summed E-state index contributed by atoms with van der Waals surface area (Å²) in [6, 6.07) is 37.8. The molecule has 3 nitrogen and oxygen atoms in total. The van der Waals surface area contributed by atoms with Crippen LogP contribution in [0.2, 0.25) is 0 Å². The van der Waals surface area contributed by atoms with E-state index in [1.165, 1.54) is 40.3 Å². The Kier molecular flexibility index (Phi) is 5.08. The Balaban J connectivity index is 1.46. The summed E-state index contributed by atoms with van der Waals surface area (Å²) in [7, 11) is -1.49. The van der Waals surface area contributed by atoms with Crippen LogP contribution in [0, 0.1) is 0 Å². The van der Waals surface area contributed by atoms with Crippen LogP contribution in [0.25, 0.3) is 40.3 Å². The maximum atomic E-state index is 9.62. The van der Waals surface area contributed by atoms with E-state index in [9.17, 15) is 10.0 Å². The fraction of sp³-hybridized carbons (Fsp3) is 0. The normalized spacial score (nSPS) is 11.6. The summed E-state index contributed by atoms with van der Waals surface area (Å²) < 4.78 is 5.09. The lowest BCUT2D eigenvalue weighted by molar-refractivity contribution is 0.426. The molecule has 0 aliphatic carbocycles. The lowest BCUT2D eigenvalue weighted by atomic mass is 9.80. The van der Waals surface area contributed by atoms with Gasteiger partial charge in [-0.3, -0.25) is 0 Å². The van der Waals surface area contributed by atoms with Gasteiger partial charge < -0.3 is 14.9 Å². The van der Waals surface area contributed by atoms with Gasteiger partial charge in [0.1, 0.15) is 0 Å². The van der Waals surface area contributed by atoms with E-state index < -0.39 is 7.12 Å². The summed E-state index contributed by atoms with van der Waals surface area (Å²) in [6.07, 6.45) is 0. The van der Waals surface area contributed by atoms with E-state index in [0.29, 0.717) is 5.46 Å². The van der Waals surface area contributed by atoms with Crippen molar-refractivity contribution in [2.24, 2.45) is 0 Å². The molecule has 0 amide bonds. The van der Waals surface area contributed by atoms with Crippen LogP contribution in [0.5, 0.6) is 0 Å². The van der Waals surface area contributed by atoms with Crippen molar-refractivity contribution in [1.29, 1.82) is 0 Å². The van der Waals surface area contributed by atoms with Crippen LogP contribution in [0.4, 0.5) is 17.1 Å². The van der Waals surface area contributed by atoms with Crippen LogP contribution in [0.3, 0.4) is 0 Å². The first-order valence-corrected chi connectivity index (χ1v) is 13.4. The van der Waals surface area contributed by atoms with Gasteiger partial charge in [0.15, 0.2) is 0 Å². The third kappa shape index (κ3) is 3.50. The van der Waals surface area contributed by atoms with Gasteiger partial charge in [0, 0.05) is 57.4 Å². The molecule has 0 spiro atoms. The van der Waals surface area contributed by atoms with E-state index in [4.69, 9.17) is 0 Å². The van der Waals surface area contributed by atoms with Gasteiger partial charge in [-0.2, -0.15) is 0 Å². The Hall–Kier alpha value is -3.68. The van der Waals surface area contributed by atoms with E-state index >= 15 is 0 Å². The fourth-order valence-electron chi connectivity index (χ4n) is 4.95. The molecule has 6 heteroatoms. The summed E-state index contributed by atoms with van der Waals surface area (Å²) in [5.74, 6) is 0. The number of fused-ring (bicyclic) bond motifs is 6.